The van der Waals surface area contributed by atoms with E-state index in [1.165, 1.54) is 13.8 Å². The Morgan fingerprint density at radius 1 is 0.657 bits per heavy atom. The average Bonchev–Trinajstić information content (AvgIpc) is 2.83. The van der Waals surface area contributed by atoms with E-state index < -0.39 is 0 Å². The van der Waals surface area contributed by atoms with Gasteiger partial charge in [-0.1, -0.05) is 60.7 Å². The maximum absolute atomic E-state index is 11.2. The molecule has 2 aromatic rings. The number of carbonyl (C=O) groups excluding carboxylic acids is 2. The molecule has 5 heteroatoms. The van der Waals surface area contributed by atoms with Crippen molar-refractivity contribution < 1.29 is 19.1 Å². The van der Waals surface area contributed by atoms with E-state index in [1.54, 1.807) is 0 Å². The van der Waals surface area contributed by atoms with E-state index in [-0.39, 0.29) is 11.9 Å². The lowest BCUT2D eigenvalue weighted by Crippen LogP contribution is -2.03. The second-order valence-electron chi connectivity index (χ2n) is 8.37. The molecule has 0 amide bonds. The number of allylic oxidation sites excluding steroid dienone is 2. The Balaban J connectivity index is 1.47. The van der Waals surface area contributed by atoms with Crippen LogP contribution < -0.4 is 9.47 Å². The largest absolute Gasteiger partial charge is 0.426 e. The number of rotatable bonds is 16. The molecule has 0 radical (unpaired) electrons. The summed E-state index contributed by atoms with van der Waals surface area (Å²) in [5.74, 6) is 2.90. The van der Waals surface area contributed by atoms with E-state index in [4.69, 9.17) is 9.47 Å². The quantitative estimate of drug-likeness (QED) is 0.105. The molecule has 0 aliphatic heterocycles. The van der Waals surface area contributed by atoms with Crippen LogP contribution in [0.3, 0.4) is 0 Å². The maximum atomic E-state index is 11.2. The van der Waals surface area contributed by atoms with Crippen LogP contribution in [0, 0.1) is 0 Å². The Bertz CT molecular complexity index is 887. The molecule has 2 rings (SSSR count). The van der Waals surface area contributed by atoms with Gasteiger partial charge in [0.1, 0.15) is 11.5 Å². The lowest BCUT2D eigenvalue weighted by molar-refractivity contribution is -0.132. The van der Waals surface area contributed by atoms with Gasteiger partial charge < -0.3 is 9.47 Å². The Hall–Kier alpha value is -2.79. The van der Waals surface area contributed by atoms with Gasteiger partial charge in [0.2, 0.25) is 0 Å². The molecule has 0 aromatic heterocycles. The highest BCUT2D eigenvalue weighted by atomic mass is 32.2. The molecule has 0 bridgehead atoms. The van der Waals surface area contributed by atoms with Crippen LogP contribution in [0.4, 0.5) is 0 Å². The Morgan fingerprint density at radius 2 is 1.09 bits per heavy atom. The molecule has 0 aliphatic rings. The van der Waals surface area contributed by atoms with Gasteiger partial charge in [-0.2, -0.15) is 11.8 Å². The predicted octanol–water partition coefficient (Wildman–Crippen LogP) is 7.51. The van der Waals surface area contributed by atoms with Gasteiger partial charge in [0.05, 0.1) is 0 Å². The number of esters is 2. The van der Waals surface area contributed by atoms with Crippen molar-refractivity contribution >= 4 is 23.7 Å². The molecular weight excluding hydrogens is 456 g/mol. The minimum absolute atomic E-state index is 0.271. The van der Waals surface area contributed by atoms with Gasteiger partial charge in [-0.15, -0.1) is 0 Å². The number of para-hydroxylation sites is 2. The third-order valence-corrected chi connectivity index (χ3v) is 6.20. The average molecular weight is 495 g/mol. The van der Waals surface area contributed by atoms with Crippen molar-refractivity contribution in [3.8, 4) is 11.5 Å². The summed E-state index contributed by atoms with van der Waals surface area (Å²) in [5, 5.41) is 0. The van der Waals surface area contributed by atoms with Crippen molar-refractivity contribution in [2.24, 2.45) is 0 Å². The summed E-state index contributed by atoms with van der Waals surface area (Å²) in [6.45, 7) is 2.87. The van der Waals surface area contributed by atoms with Crippen LogP contribution in [0.15, 0.2) is 72.8 Å². The van der Waals surface area contributed by atoms with Crippen LogP contribution in [0.2, 0.25) is 0 Å². The summed E-state index contributed by atoms with van der Waals surface area (Å²) in [6.07, 6.45) is 17.5. The van der Waals surface area contributed by atoms with Crippen LogP contribution in [0.5, 0.6) is 11.5 Å². The van der Waals surface area contributed by atoms with E-state index >= 15 is 0 Å². The first-order chi connectivity index (χ1) is 17.1. The second kappa shape index (κ2) is 17.6. The predicted molar refractivity (Wildman–Crippen MR) is 146 cm³/mol. The molecular formula is C30H38O4S. The van der Waals surface area contributed by atoms with Crippen LogP contribution >= 0.6 is 11.8 Å². The Morgan fingerprint density at radius 3 is 1.51 bits per heavy atom. The minimum atomic E-state index is -0.271. The SMILES string of the molecule is CC(=O)Oc1ccccc1CCCC/C=C/CSC/C=C/CCCCc1ccccc1OC(C)=O. The summed E-state index contributed by atoms with van der Waals surface area (Å²) >= 11 is 1.92. The number of benzene rings is 2. The summed E-state index contributed by atoms with van der Waals surface area (Å²) in [5.41, 5.74) is 2.20. The molecule has 2 aromatic carbocycles. The molecule has 4 nitrogen and oxygen atoms in total. The van der Waals surface area contributed by atoms with Crippen molar-refractivity contribution in [3.05, 3.63) is 84.0 Å². The van der Waals surface area contributed by atoms with Gasteiger partial charge in [0.15, 0.2) is 0 Å². The number of thioether (sulfide) groups is 1. The molecule has 188 valence electrons. The smallest absolute Gasteiger partial charge is 0.308 e. The van der Waals surface area contributed by atoms with Crippen LogP contribution in [-0.4, -0.2) is 23.4 Å². The number of ether oxygens (including phenoxy) is 2. The monoisotopic (exact) mass is 494 g/mol. The zero-order valence-corrected chi connectivity index (χ0v) is 21.9. The van der Waals surface area contributed by atoms with Crippen molar-refractivity contribution in [2.45, 2.75) is 65.2 Å². The highest BCUT2D eigenvalue weighted by Crippen LogP contribution is 2.21. The Labute approximate surface area is 214 Å². The summed E-state index contributed by atoms with van der Waals surface area (Å²) < 4.78 is 10.5. The fraction of sp³-hybridized carbons (Fsp3) is 0.400. The van der Waals surface area contributed by atoms with Crippen LogP contribution in [0.1, 0.15) is 63.5 Å². The minimum Gasteiger partial charge on any atom is -0.426 e. The summed E-state index contributed by atoms with van der Waals surface area (Å²) in [7, 11) is 0. The van der Waals surface area contributed by atoms with E-state index in [2.05, 4.69) is 24.3 Å². The highest BCUT2D eigenvalue weighted by molar-refractivity contribution is 7.99. The molecule has 0 N–H and O–H groups in total. The van der Waals surface area contributed by atoms with E-state index in [1.807, 2.05) is 60.3 Å². The van der Waals surface area contributed by atoms with E-state index in [0.29, 0.717) is 11.5 Å². The van der Waals surface area contributed by atoms with Crippen molar-refractivity contribution in [1.82, 2.24) is 0 Å². The first kappa shape index (κ1) is 28.4. The van der Waals surface area contributed by atoms with Gasteiger partial charge >= 0.3 is 11.9 Å². The van der Waals surface area contributed by atoms with Gasteiger partial charge in [0, 0.05) is 25.4 Å². The molecule has 35 heavy (non-hydrogen) atoms. The van der Waals surface area contributed by atoms with Crippen molar-refractivity contribution in [1.29, 1.82) is 0 Å². The molecule has 0 spiro atoms. The highest BCUT2D eigenvalue weighted by Gasteiger charge is 2.05. The second-order valence-corrected chi connectivity index (χ2v) is 9.45. The third kappa shape index (κ3) is 13.0. The Kier molecular flexibility index (Phi) is 14.3. The number of carbonyl (C=O) groups is 2. The fourth-order valence-corrected chi connectivity index (χ4v) is 4.34. The maximum Gasteiger partial charge on any atom is 0.308 e. The summed E-state index contributed by atoms with van der Waals surface area (Å²) in [6, 6.07) is 15.5. The fourth-order valence-electron chi connectivity index (χ4n) is 3.66. The molecule has 0 saturated heterocycles. The molecule has 0 aliphatic carbocycles. The number of unbranched alkanes of at least 4 members (excludes halogenated alkanes) is 4. The van der Waals surface area contributed by atoms with Gasteiger partial charge in [-0.05, 0) is 74.6 Å². The van der Waals surface area contributed by atoms with Gasteiger partial charge in [-0.3, -0.25) is 9.59 Å². The molecule has 0 atom stereocenters. The van der Waals surface area contributed by atoms with E-state index in [0.717, 1.165) is 74.0 Å². The van der Waals surface area contributed by atoms with Crippen LogP contribution in [0.25, 0.3) is 0 Å². The first-order valence-electron chi connectivity index (χ1n) is 12.5. The van der Waals surface area contributed by atoms with Crippen molar-refractivity contribution in [3.63, 3.8) is 0 Å². The zero-order chi connectivity index (χ0) is 25.1. The standard InChI is InChI=1S/C30H38O4S/c1-25(31)33-29-21-13-11-19-27(29)17-9-5-3-7-15-23-35-24-16-8-4-6-10-18-28-20-12-14-22-30(28)34-26(2)32/h7-8,11-16,19-22H,3-6,9-10,17-18,23-24H2,1-2H3/b15-7+,16-8+. The zero-order valence-electron chi connectivity index (χ0n) is 21.0. The molecule has 0 heterocycles. The van der Waals surface area contributed by atoms with E-state index in [9.17, 15) is 9.59 Å². The van der Waals surface area contributed by atoms with Crippen molar-refractivity contribution in [2.75, 3.05) is 11.5 Å². The normalized spacial score (nSPS) is 11.3. The molecule has 0 fully saturated rings. The summed E-state index contributed by atoms with van der Waals surface area (Å²) in [4.78, 5) is 22.4. The third-order valence-electron chi connectivity index (χ3n) is 5.35. The van der Waals surface area contributed by atoms with Crippen LogP contribution in [-0.2, 0) is 22.4 Å². The lowest BCUT2D eigenvalue weighted by atomic mass is 10.1. The lowest BCUT2D eigenvalue weighted by Gasteiger charge is -2.08. The van der Waals surface area contributed by atoms with Gasteiger partial charge in [-0.25, -0.2) is 0 Å². The number of hydrogen-bond acceptors (Lipinski definition) is 5. The topological polar surface area (TPSA) is 52.6 Å². The number of hydrogen-bond donors (Lipinski definition) is 0. The number of aryl methyl sites for hydroxylation is 2. The molecule has 0 saturated carbocycles. The first-order valence-corrected chi connectivity index (χ1v) is 13.6. The molecule has 0 unspecified atom stereocenters. The van der Waals surface area contributed by atoms with Gasteiger partial charge in [0.25, 0.3) is 0 Å².